The van der Waals surface area contributed by atoms with Gasteiger partial charge in [0.15, 0.2) is 5.82 Å². The molecule has 1 aromatic carbocycles. The van der Waals surface area contributed by atoms with Crippen molar-refractivity contribution in [1.29, 1.82) is 5.26 Å². The van der Waals surface area contributed by atoms with Crippen LogP contribution in [0.25, 0.3) is 0 Å². The molecule has 0 aliphatic heterocycles. The molecule has 0 aliphatic carbocycles. The van der Waals surface area contributed by atoms with Gasteiger partial charge in [0, 0.05) is 5.69 Å². The summed E-state index contributed by atoms with van der Waals surface area (Å²) >= 11 is 5.80. The predicted molar refractivity (Wildman–Crippen MR) is 75.2 cm³/mol. The van der Waals surface area contributed by atoms with Crippen molar-refractivity contribution in [2.75, 3.05) is 11.1 Å². The Morgan fingerprint density at radius 1 is 1.32 bits per heavy atom. The molecule has 0 saturated heterocycles. The Balaban J connectivity index is 2.24. The average molecular weight is 274 g/mol. The molecule has 2 rings (SSSR count). The number of aromatic nitrogens is 2. The van der Waals surface area contributed by atoms with Gasteiger partial charge in [-0.2, -0.15) is 10.2 Å². The summed E-state index contributed by atoms with van der Waals surface area (Å²) in [5.74, 6) is 0.477. The van der Waals surface area contributed by atoms with Gasteiger partial charge in [0.25, 0.3) is 0 Å². The van der Waals surface area contributed by atoms with Crippen LogP contribution < -0.4 is 11.1 Å². The minimum absolute atomic E-state index is 0.148. The Morgan fingerprint density at radius 2 is 2.00 bits per heavy atom. The molecule has 1 heterocycles. The number of aryl methyl sites for hydroxylation is 1. The maximum absolute atomic E-state index is 8.61. The first kappa shape index (κ1) is 13.1. The van der Waals surface area contributed by atoms with Crippen molar-refractivity contribution in [3.63, 3.8) is 0 Å². The molecule has 1 aromatic heterocycles. The highest BCUT2D eigenvalue weighted by molar-refractivity contribution is 6.28. The lowest BCUT2D eigenvalue weighted by Gasteiger charge is -2.10. The predicted octanol–water partition coefficient (Wildman–Crippen LogP) is 2.83. The van der Waals surface area contributed by atoms with E-state index < -0.39 is 0 Å². The summed E-state index contributed by atoms with van der Waals surface area (Å²) in [5, 5.41) is 11.8. The number of halogens is 1. The summed E-state index contributed by atoms with van der Waals surface area (Å²) in [6, 6.07) is 9.56. The molecule has 0 amide bonds. The van der Waals surface area contributed by atoms with Crippen LogP contribution in [0.3, 0.4) is 0 Å². The molecule has 3 N–H and O–H groups in total. The molecule has 2 aromatic rings. The quantitative estimate of drug-likeness (QED) is 0.840. The first-order chi connectivity index (χ1) is 9.10. The Labute approximate surface area is 116 Å². The topological polar surface area (TPSA) is 87.6 Å². The lowest BCUT2D eigenvalue weighted by Crippen LogP contribution is -2.03. The molecule has 5 nitrogen and oxygen atoms in total. The minimum atomic E-state index is 0.148. The zero-order valence-electron chi connectivity index (χ0n) is 10.3. The molecule has 6 heteroatoms. The summed E-state index contributed by atoms with van der Waals surface area (Å²) in [7, 11) is 0. The van der Waals surface area contributed by atoms with E-state index in [0.29, 0.717) is 23.6 Å². The van der Waals surface area contributed by atoms with Crippen LogP contribution in [0.15, 0.2) is 24.3 Å². The van der Waals surface area contributed by atoms with Crippen LogP contribution >= 0.6 is 11.6 Å². The van der Waals surface area contributed by atoms with Crippen molar-refractivity contribution in [3.05, 3.63) is 40.8 Å². The van der Waals surface area contributed by atoms with Crippen LogP contribution in [0.5, 0.6) is 0 Å². The molecule has 0 saturated carbocycles. The lowest BCUT2D eigenvalue weighted by atomic mass is 10.1. The zero-order chi connectivity index (χ0) is 13.8. The Bertz CT molecular complexity index is 631. The zero-order valence-corrected chi connectivity index (χ0v) is 11.1. The first-order valence-corrected chi connectivity index (χ1v) is 6.00. The van der Waals surface area contributed by atoms with E-state index in [4.69, 9.17) is 22.6 Å². The van der Waals surface area contributed by atoms with Crippen molar-refractivity contribution in [2.45, 2.75) is 13.3 Å². The molecule has 0 unspecified atom stereocenters. The van der Waals surface area contributed by atoms with Crippen molar-refractivity contribution in [1.82, 2.24) is 9.97 Å². The molecule has 19 heavy (non-hydrogen) atoms. The van der Waals surface area contributed by atoms with Gasteiger partial charge in [-0.1, -0.05) is 12.1 Å². The summed E-state index contributed by atoms with van der Waals surface area (Å²) < 4.78 is 0. The van der Waals surface area contributed by atoms with Gasteiger partial charge >= 0.3 is 0 Å². The van der Waals surface area contributed by atoms with Gasteiger partial charge in [-0.3, -0.25) is 0 Å². The van der Waals surface area contributed by atoms with E-state index in [1.54, 1.807) is 6.92 Å². The van der Waals surface area contributed by atoms with E-state index in [-0.39, 0.29) is 5.28 Å². The van der Waals surface area contributed by atoms with E-state index in [1.165, 1.54) is 0 Å². The van der Waals surface area contributed by atoms with Crippen LogP contribution in [0.4, 0.5) is 17.2 Å². The summed E-state index contributed by atoms with van der Waals surface area (Å²) in [5.41, 5.74) is 8.76. The van der Waals surface area contributed by atoms with Gasteiger partial charge in [0.2, 0.25) is 5.28 Å². The van der Waals surface area contributed by atoms with Crippen molar-refractivity contribution in [2.24, 2.45) is 0 Å². The van der Waals surface area contributed by atoms with E-state index in [2.05, 4.69) is 21.4 Å². The van der Waals surface area contributed by atoms with E-state index in [9.17, 15) is 0 Å². The maximum atomic E-state index is 8.61. The Morgan fingerprint density at radius 3 is 2.63 bits per heavy atom. The largest absolute Gasteiger partial charge is 0.394 e. The maximum Gasteiger partial charge on any atom is 0.224 e. The minimum Gasteiger partial charge on any atom is -0.394 e. The SMILES string of the molecule is Cc1nc(Cl)nc(Nc2ccc(CC#N)cc2)c1N. The van der Waals surface area contributed by atoms with E-state index in [1.807, 2.05) is 24.3 Å². The Kier molecular flexibility index (Phi) is 3.83. The van der Waals surface area contributed by atoms with Crippen LogP contribution in [-0.2, 0) is 6.42 Å². The third-order valence-electron chi connectivity index (χ3n) is 2.61. The monoisotopic (exact) mass is 273 g/mol. The fourth-order valence-corrected chi connectivity index (χ4v) is 1.79. The molecule has 0 atom stereocenters. The van der Waals surface area contributed by atoms with E-state index >= 15 is 0 Å². The van der Waals surface area contributed by atoms with Gasteiger partial charge in [-0.15, -0.1) is 0 Å². The van der Waals surface area contributed by atoms with Gasteiger partial charge in [0.1, 0.15) is 0 Å². The number of rotatable bonds is 3. The molecule has 0 fully saturated rings. The number of nitrogens with one attached hydrogen (secondary N) is 1. The molecule has 0 aliphatic rings. The molecule has 0 bridgehead atoms. The van der Waals surface area contributed by atoms with Crippen molar-refractivity contribution in [3.8, 4) is 6.07 Å². The van der Waals surface area contributed by atoms with Crippen LogP contribution in [0, 0.1) is 18.3 Å². The summed E-state index contributed by atoms with van der Waals surface area (Å²) in [6.07, 6.45) is 0.390. The molecular formula is C13H12ClN5. The highest BCUT2D eigenvalue weighted by Gasteiger charge is 2.07. The second kappa shape index (κ2) is 5.55. The number of nitrogens with zero attached hydrogens (tertiary/aromatic N) is 3. The van der Waals surface area contributed by atoms with Crippen molar-refractivity contribution < 1.29 is 0 Å². The smallest absolute Gasteiger partial charge is 0.224 e. The first-order valence-electron chi connectivity index (χ1n) is 5.62. The fraction of sp³-hybridized carbons (Fsp3) is 0.154. The number of anilines is 3. The highest BCUT2D eigenvalue weighted by atomic mass is 35.5. The second-order valence-corrected chi connectivity index (χ2v) is 4.34. The summed E-state index contributed by atoms with van der Waals surface area (Å²) in [4.78, 5) is 8.02. The highest BCUT2D eigenvalue weighted by Crippen LogP contribution is 2.24. The number of nitrogens with two attached hydrogens (primary N) is 1. The van der Waals surface area contributed by atoms with Crippen LogP contribution in [0.1, 0.15) is 11.3 Å². The number of nitrogen functional groups attached to an aromatic ring is 1. The number of benzene rings is 1. The van der Waals surface area contributed by atoms with Gasteiger partial charge < -0.3 is 11.1 Å². The van der Waals surface area contributed by atoms with Crippen LogP contribution in [0.2, 0.25) is 5.28 Å². The average Bonchev–Trinajstić information content (AvgIpc) is 2.38. The Hall–Kier alpha value is -2.32. The molecule has 96 valence electrons. The van der Waals surface area contributed by atoms with Crippen molar-refractivity contribution >= 4 is 28.8 Å². The van der Waals surface area contributed by atoms with E-state index in [0.717, 1.165) is 11.3 Å². The standard InChI is InChI=1S/C13H12ClN5/c1-8-11(16)12(19-13(14)17-8)18-10-4-2-9(3-5-10)6-7-15/h2-5H,6,16H2,1H3,(H,17,18,19). The van der Waals surface area contributed by atoms with Crippen LogP contribution in [-0.4, -0.2) is 9.97 Å². The lowest BCUT2D eigenvalue weighted by molar-refractivity contribution is 1.11. The van der Waals surface area contributed by atoms with Gasteiger partial charge in [-0.05, 0) is 36.2 Å². The fourth-order valence-electron chi connectivity index (χ4n) is 1.58. The summed E-state index contributed by atoms with van der Waals surface area (Å²) in [6.45, 7) is 1.77. The molecular weight excluding hydrogens is 262 g/mol. The second-order valence-electron chi connectivity index (χ2n) is 4.00. The third kappa shape index (κ3) is 3.12. The molecule has 0 spiro atoms. The number of hydrogen-bond acceptors (Lipinski definition) is 5. The van der Waals surface area contributed by atoms with Gasteiger partial charge in [-0.25, -0.2) is 4.98 Å². The third-order valence-corrected chi connectivity index (χ3v) is 2.78. The normalized spacial score (nSPS) is 9.95. The number of nitriles is 1. The van der Waals surface area contributed by atoms with Gasteiger partial charge in [0.05, 0.1) is 23.9 Å². The number of hydrogen-bond donors (Lipinski definition) is 2. The molecule has 0 radical (unpaired) electrons.